The maximum atomic E-state index is 12.7. The quantitative estimate of drug-likeness (QED) is 0.752. The highest BCUT2D eigenvalue weighted by atomic mass is 16.5. The minimum Gasteiger partial charge on any atom is -0.494 e. The minimum atomic E-state index is -0.0260. The van der Waals surface area contributed by atoms with E-state index in [4.69, 9.17) is 9.47 Å². The molecule has 2 rings (SSSR count). The minimum absolute atomic E-state index is 0.0260. The fourth-order valence-electron chi connectivity index (χ4n) is 2.21. The number of nitrogens with zero attached hydrogens (tertiary/aromatic N) is 2. The molecule has 0 N–H and O–H groups in total. The number of rotatable bonds is 8. The van der Waals surface area contributed by atoms with Crippen molar-refractivity contribution in [3.63, 3.8) is 0 Å². The van der Waals surface area contributed by atoms with Crippen molar-refractivity contribution in [1.82, 2.24) is 9.88 Å². The predicted molar refractivity (Wildman–Crippen MR) is 88.5 cm³/mol. The van der Waals surface area contributed by atoms with Crippen LogP contribution in [0.15, 0.2) is 48.8 Å². The summed E-state index contributed by atoms with van der Waals surface area (Å²) in [7, 11) is 1.63. The lowest BCUT2D eigenvalue weighted by Crippen LogP contribution is -2.33. The summed E-state index contributed by atoms with van der Waals surface area (Å²) in [6.45, 7) is 4.09. The fraction of sp³-hybridized carbons (Fsp3) is 0.333. The number of benzene rings is 1. The van der Waals surface area contributed by atoms with E-state index in [0.717, 1.165) is 11.3 Å². The largest absolute Gasteiger partial charge is 0.494 e. The molecule has 0 aliphatic carbocycles. The molecular formula is C18H22N2O3. The molecule has 0 saturated carbocycles. The molecule has 5 heteroatoms. The van der Waals surface area contributed by atoms with Gasteiger partial charge in [0.15, 0.2) is 0 Å². The van der Waals surface area contributed by atoms with Gasteiger partial charge in [0.05, 0.1) is 13.2 Å². The van der Waals surface area contributed by atoms with E-state index in [1.165, 1.54) is 0 Å². The number of methoxy groups -OCH3 is 1. The lowest BCUT2D eigenvalue weighted by atomic mass is 10.1. The lowest BCUT2D eigenvalue weighted by molar-refractivity contribution is 0.0680. The molecule has 0 bridgehead atoms. The Hall–Kier alpha value is -2.40. The van der Waals surface area contributed by atoms with Crippen molar-refractivity contribution in [3.05, 3.63) is 59.9 Å². The normalized spacial score (nSPS) is 10.3. The summed E-state index contributed by atoms with van der Waals surface area (Å²) in [5.41, 5.74) is 1.68. The second-order valence-electron chi connectivity index (χ2n) is 5.03. The molecule has 0 spiro atoms. The van der Waals surface area contributed by atoms with Crippen molar-refractivity contribution < 1.29 is 14.3 Å². The first-order chi connectivity index (χ1) is 11.2. The van der Waals surface area contributed by atoms with Crippen LogP contribution in [0.3, 0.4) is 0 Å². The van der Waals surface area contributed by atoms with Crippen molar-refractivity contribution >= 4 is 5.91 Å². The molecule has 1 amide bonds. The number of hydrogen-bond acceptors (Lipinski definition) is 4. The van der Waals surface area contributed by atoms with Crippen LogP contribution in [0.5, 0.6) is 5.75 Å². The van der Waals surface area contributed by atoms with E-state index in [1.807, 2.05) is 31.2 Å². The molecule has 122 valence electrons. The Kier molecular flexibility index (Phi) is 6.56. The number of amides is 1. The first-order valence-corrected chi connectivity index (χ1v) is 7.64. The molecule has 0 radical (unpaired) electrons. The third-order valence-corrected chi connectivity index (χ3v) is 3.39. The Bertz CT molecular complexity index is 599. The third kappa shape index (κ3) is 5.07. The van der Waals surface area contributed by atoms with Gasteiger partial charge in [-0.25, -0.2) is 0 Å². The molecule has 0 aliphatic rings. The van der Waals surface area contributed by atoms with Crippen molar-refractivity contribution in [2.75, 3.05) is 26.9 Å². The Morgan fingerprint density at radius 3 is 2.43 bits per heavy atom. The summed E-state index contributed by atoms with van der Waals surface area (Å²) in [5.74, 6) is 0.739. The third-order valence-electron chi connectivity index (χ3n) is 3.39. The zero-order chi connectivity index (χ0) is 16.5. The number of pyridine rings is 1. The van der Waals surface area contributed by atoms with Gasteiger partial charge in [0, 0.05) is 38.2 Å². The van der Waals surface area contributed by atoms with Gasteiger partial charge >= 0.3 is 0 Å². The van der Waals surface area contributed by atoms with E-state index < -0.39 is 0 Å². The molecular weight excluding hydrogens is 292 g/mol. The summed E-state index contributed by atoms with van der Waals surface area (Å²) < 4.78 is 10.5. The summed E-state index contributed by atoms with van der Waals surface area (Å²) in [6.07, 6.45) is 3.45. The second-order valence-corrected chi connectivity index (χ2v) is 5.03. The number of carbonyl (C=O) groups excluding carboxylic acids is 1. The van der Waals surface area contributed by atoms with Crippen LogP contribution >= 0.6 is 0 Å². The van der Waals surface area contributed by atoms with E-state index in [-0.39, 0.29) is 5.91 Å². The zero-order valence-corrected chi connectivity index (χ0v) is 13.6. The molecule has 0 fully saturated rings. The maximum Gasteiger partial charge on any atom is 0.254 e. The molecule has 0 atom stereocenters. The van der Waals surface area contributed by atoms with Crippen molar-refractivity contribution in [2.45, 2.75) is 13.5 Å². The number of ether oxygens (including phenoxy) is 2. The molecule has 0 aliphatic heterocycles. The molecule has 1 heterocycles. The van der Waals surface area contributed by atoms with Gasteiger partial charge in [-0.05, 0) is 48.9 Å². The van der Waals surface area contributed by atoms with Crippen LogP contribution in [-0.4, -0.2) is 42.7 Å². The van der Waals surface area contributed by atoms with E-state index in [2.05, 4.69) is 4.98 Å². The van der Waals surface area contributed by atoms with Crippen LogP contribution in [0.4, 0.5) is 0 Å². The lowest BCUT2D eigenvalue weighted by Gasteiger charge is -2.22. The van der Waals surface area contributed by atoms with Crippen LogP contribution < -0.4 is 4.74 Å². The highest BCUT2D eigenvalue weighted by Crippen LogP contribution is 2.15. The number of carbonyl (C=O) groups is 1. The fourth-order valence-corrected chi connectivity index (χ4v) is 2.21. The predicted octanol–water partition coefficient (Wildman–Crippen LogP) is 2.77. The molecule has 0 unspecified atom stereocenters. The van der Waals surface area contributed by atoms with Crippen LogP contribution in [0.2, 0.25) is 0 Å². The SMILES string of the molecule is CCOc1ccc(C(=O)N(CCOC)Cc2ccncc2)cc1. The van der Waals surface area contributed by atoms with Crippen LogP contribution in [-0.2, 0) is 11.3 Å². The molecule has 1 aromatic heterocycles. The van der Waals surface area contributed by atoms with Gasteiger partial charge in [0.2, 0.25) is 0 Å². The average molecular weight is 314 g/mol. The van der Waals surface area contributed by atoms with Crippen LogP contribution in [0, 0.1) is 0 Å². The molecule has 5 nitrogen and oxygen atoms in total. The van der Waals surface area contributed by atoms with Gasteiger partial charge in [-0.2, -0.15) is 0 Å². The van der Waals surface area contributed by atoms with Gasteiger partial charge in [-0.15, -0.1) is 0 Å². The van der Waals surface area contributed by atoms with Crippen molar-refractivity contribution in [3.8, 4) is 5.75 Å². The maximum absolute atomic E-state index is 12.7. The average Bonchev–Trinajstić information content (AvgIpc) is 2.60. The van der Waals surface area contributed by atoms with Crippen molar-refractivity contribution in [2.24, 2.45) is 0 Å². The number of aromatic nitrogens is 1. The second kappa shape index (κ2) is 8.90. The van der Waals surface area contributed by atoms with Gasteiger partial charge < -0.3 is 14.4 Å². The highest BCUT2D eigenvalue weighted by molar-refractivity contribution is 5.94. The standard InChI is InChI=1S/C18H22N2O3/c1-3-23-17-6-4-16(5-7-17)18(21)20(12-13-22-2)14-15-8-10-19-11-9-15/h4-11H,3,12-14H2,1-2H3. The summed E-state index contributed by atoms with van der Waals surface area (Å²) >= 11 is 0. The Balaban J connectivity index is 2.11. The number of hydrogen-bond donors (Lipinski definition) is 0. The summed E-state index contributed by atoms with van der Waals surface area (Å²) in [5, 5.41) is 0. The Labute approximate surface area is 136 Å². The topological polar surface area (TPSA) is 51.7 Å². The van der Waals surface area contributed by atoms with Crippen molar-refractivity contribution in [1.29, 1.82) is 0 Å². The van der Waals surface area contributed by atoms with E-state index in [9.17, 15) is 4.79 Å². The molecule has 0 saturated heterocycles. The van der Waals surface area contributed by atoms with E-state index in [0.29, 0.717) is 31.9 Å². The summed E-state index contributed by atoms with van der Waals surface area (Å²) in [6, 6.07) is 11.0. The monoisotopic (exact) mass is 314 g/mol. The van der Waals surface area contributed by atoms with Crippen LogP contribution in [0.1, 0.15) is 22.8 Å². The Morgan fingerprint density at radius 2 is 1.83 bits per heavy atom. The van der Waals surface area contributed by atoms with E-state index in [1.54, 1.807) is 36.5 Å². The van der Waals surface area contributed by atoms with Gasteiger partial charge in [0.25, 0.3) is 5.91 Å². The van der Waals surface area contributed by atoms with Crippen LogP contribution in [0.25, 0.3) is 0 Å². The molecule has 1 aromatic carbocycles. The molecule has 2 aromatic rings. The summed E-state index contributed by atoms with van der Waals surface area (Å²) in [4.78, 5) is 18.5. The van der Waals surface area contributed by atoms with Gasteiger partial charge in [-0.3, -0.25) is 9.78 Å². The smallest absolute Gasteiger partial charge is 0.254 e. The van der Waals surface area contributed by atoms with Gasteiger partial charge in [0.1, 0.15) is 5.75 Å². The highest BCUT2D eigenvalue weighted by Gasteiger charge is 2.16. The Morgan fingerprint density at radius 1 is 1.13 bits per heavy atom. The zero-order valence-electron chi connectivity index (χ0n) is 13.6. The first kappa shape index (κ1) is 17.0. The van der Waals surface area contributed by atoms with E-state index >= 15 is 0 Å². The van der Waals surface area contributed by atoms with Gasteiger partial charge in [-0.1, -0.05) is 0 Å². The first-order valence-electron chi connectivity index (χ1n) is 7.64. The molecule has 23 heavy (non-hydrogen) atoms.